The Labute approximate surface area is 155 Å². The normalized spacial score (nSPS) is 23.7. The maximum atomic E-state index is 13.4. The van der Waals surface area contributed by atoms with Crippen molar-refractivity contribution >= 4 is 5.91 Å². The van der Waals surface area contributed by atoms with Gasteiger partial charge in [0.05, 0.1) is 0 Å². The van der Waals surface area contributed by atoms with E-state index in [9.17, 15) is 9.18 Å². The van der Waals surface area contributed by atoms with Crippen molar-refractivity contribution in [3.05, 3.63) is 47.8 Å². The number of carbonyl (C=O) groups excluding carboxylic acids is 1. The molecule has 26 heavy (non-hydrogen) atoms. The minimum atomic E-state index is -0.148. The van der Waals surface area contributed by atoms with Gasteiger partial charge >= 0.3 is 0 Å². The van der Waals surface area contributed by atoms with Gasteiger partial charge in [-0.3, -0.25) is 9.69 Å². The smallest absolute Gasteiger partial charge is 0.226 e. The number of halogens is 1. The zero-order valence-electron chi connectivity index (χ0n) is 15.5. The summed E-state index contributed by atoms with van der Waals surface area (Å²) >= 11 is 0. The number of piperidine rings is 2. The van der Waals surface area contributed by atoms with Crippen molar-refractivity contribution in [1.82, 2.24) is 9.80 Å². The van der Waals surface area contributed by atoms with Gasteiger partial charge in [0.1, 0.15) is 5.82 Å². The number of hydrogen-bond acceptors (Lipinski definition) is 2. The van der Waals surface area contributed by atoms with Gasteiger partial charge in [0, 0.05) is 25.6 Å². The summed E-state index contributed by atoms with van der Waals surface area (Å²) < 4.78 is 13.4. The topological polar surface area (TPSA) is 23.6 Å². The van der Waals surface area contributed by atoms with E-state index in [1.807, 2.05) is 6.07 Å². The van der Waals surface area contributed by atoms with Gasteiger partial charge in [0.25, 0.3) is 0 Å². The largest absolute Gasteiger partial charge is 0.342 e. The van der Waals surface area contributed by atoms with Crippen LogP contribution in [0.3, 0.4) is 0 Å². The molecule has 1 aromatic rings. The molecule has 1 aliphatic carbocycles. The highest BCUT2D eigenvalue weighted by Crippen LogP contribution is 2.42. The number of nitrogens with zero attached hydrogens (tertiary/aromatic N) is 2. The number of amides is 1. The van der Waals surface area contributed by atoms with Crippen LogP contribution in [0.1, 0.15) is 44.1 Å². The van der Waals surface area contributed by atoms with Crippen LogP contribution in [0.2, 0.25) is 0 Å². The van der Waals surface area contributed by atoms with E-state index < -0.39 is 0 Å². The maximum absolute atomic E-state index is 13.4. The molecule has 0 aromatic heterocycles. The Morgan fingerprint density at radius 3 is 2.35 bits per heavy atom. The fourth-order valence-electron chi connectivity index (χ4n) is 4.86. The van der Waals surface area contributed by atoms with Crippen LogP contribution in [0, 0.1) is 17.2 Å². The standard InChI is InChI=1S/C22H29FN2O/c23-20-7-3-4-18(16-20)17-24-12-8-22(9-13-24)10-14-25(15-11-22)21(26)19-5-1-2-6-19/h1-4,7,16,19H,5-6,8-15,17H2. The molecule has 2 aliphatic heterocycles. The number of likely N-dealkylation sites (tertiary alicyclic amines) is 2. The second-order valence-corrected chi connectivity index (χ2v) is 8.37. The SMILES string of the molecule is O=C(C1CC=CC1)N1CCC2(CCN(Cc3cccc(F)c3)CC2)CC1. The summed E-state index contributed by atoms with van der Waals surface area (Å²) in [6.07, 6.45) is 10.8. The zero-order chi connectivity index (χ0) is 18.0. The first-order valence-electron chi connectivity index (χ1n) is 10.0. The van der Waals surface area contributed by atoms with Gasteiger partial charge in [-0.05, 0) is 74.7 Å². The Bertz CT molecular complexity index is 660. The van der Waals surface area contributed by atoms with Crippen molar-refractivity contribution < 1.29 is 9.18 Å². The summed E-state index contributed by atoms with van der Waals surface area (Å²) in [5.74, 6) is 0.427. The van der Waals surface area contributed by atoms with Crippen molar-refractivity contribution in [3.63, 3.8) is 0 Å². The fourth-order valence-corrected chi connectivity index (χ4v) is 4.86. The van der Waals surface area contributed by atoms with E-state index in [4.69, 9.17) is 0 Å². The molecule has 4 heteroatoms. The number of rotatable bonds is 3. The van der Waals surface area contributed by atoms with Gasteiger partial charge in [-0.2, -0.15) is 0 Å². The first kappa shape index (κ1) is 17.7. The lowest BCUT2D eigenvalue weighted by Gasteiger charge is -2.47. The monoisotopic (exact) mass is 356 g/mol. The van der Waals surface area contributed by atoms with E-state index in [1.165, 1.54) is 18.9 Å². The third kappa shape index (κ3) is 3.85. The molecule has 140 valence electrons. The molecule has 2 fully saturated rings. The van der Waals surface area contributed by atoms with E-state index in [1.54, 1.807) is 12.1 Å². The van der Waals surface area contributed by atoms with Crippen LogP contribution in [0.25, 0.3) is 0 Å². The van der Waals surface area contributed by atoms with Gasteiger partial charge in [-0.25, -0.2) is 4.39 Å². The molecule has 0 bridgehead atoms. The molecule has 3 nitrogen and oxygen atoms in total. The Kier molecular flexibility index (Phi) is 5.12. The second kappa shape index (κ2) is 7.51. The fraction of sp³-hybridized carbons (Fsp3) is 0.591. The summed E-state index contributed by atoms with van der Waals surface area (Å²) in [5, 5.41) is 0. The van der Waals surface area contributed by atoms with Gasteiger partial charge in [0.15, 0.2) is 0 Å². The lowest BCUT2D eigenvalue weighted by Crippen LogP contribution is -2.49. The quantitative estimate of drug-likeness (QED) is 0.765. The maximum Gasteiger partial charge on any atom is 0.226 e. The van der Waals surface area contributed by atoms with E-state index in [2.05, 4.69) is 22.0 Å². The van der Waals surface area contributed by atoms with Crippen LogP contribution in [-0.2, 0) is 11.3 Å². The van der Waals surface area contributed by atoms with Gasteiger partial charge in [-0.1, -0.05) is 24.3 Å². The summed E-state index contributed by atoms with van der Waals surface area (Å²) in [6.45, 7) is 4.86. The number of hydrogen-bond donors (Lipinski definition) is 0. The molecule has 1 amide bonds. The van der Waals surface area contributed by atoms with Crippen LogP contribution in [0.15, 0.2) is 36.4 Å². The molecular weight excluding hydrogens is 327 g/mol. The van der Waals surface area contributed by atoms with Gasteiger partial charge in [0.2, 0.25) is 5.91 Å². The van der Waals surface area contributed by atoms with Crippen molar-refractivity contribution in [3.8, 4) is 0 Å². The molecule has 0 saturated carbocycles. The molecule has 1 spiro atoms. The summed E-state index contributed by atoms with van der Waals surface area (Å²) in [6, 6.07) is 6.95. The molecular formula is C22H29FN2O. The molecule has 3 aliphatic rings. The highest BCUT2D eigenvalue weighted by Gasteiger charge is 2.39. The van der Waals surface area contributed by atoms with E-state index >= 15 is 0 Å². The molecule has 1 aromatic carbocycles. The van der Waals surface area contributed by atoms with Crippen LogP contribution in [-0.4, -0.2) is 41.9 Å². The van der Waals surface area contributed by atoms with Crippen LogP contribution >= 0.6 is 0 Å². The Morgan fingerprint density at radius 2 is 1.69 bits per heavy atom. The lowest BCUT2D eigenvalue weighted by atomic mass is 9.71. The summed E-state index contributed by atoms with van der Waals surface area (Å²) in [7, 11) is 0. The van der Waals surface area contributed by atoms with Crippen molar-refractivity contribution in [1.29, 1.82) is 0 Å². The molecule has 0 atom stereocenters. The first-order valence-corrected chi connectivity index (χ1v) is 10.0. The zero-order valence-corrected chi connectivity index (χ0v) is 15.5. The Balaban J connectivity index is 1.26. The molecule has 2 heterocycles. The number of benzene rings is 1. The third-order valence-corrected chi connectivity index (χ3v) is 6.70. The first-order chi connectivity index (χ1) is 12.6. The third-order valence-electron chi connectivity index (χ3n) is 6.70. The molecule has 0 radical (unpaired) electrons. The van der Waals surface area contributed by atoms with Crippen molar-refractivity contribution in [2.75, 3.05) is 26.2 Å². The number of allylic oxidation sites excluding steroid dienone is 2. The van der Waals surface area contributed by atoms with Crippen molar-refractivity contribution in [2.45, 2.75) is 45.1 Å². The minimum Gasteiger partial charge on any atom is -0.342 e. The molecule has 4 rings (SSSR count). The lowest BCUT2D eigenvalue weighted by molar-refractivity contribution is -0.138. The average Bonchev–Trinajstić information content (AvgIpc) is 3.19. The predicted molar refractivity (Wildman–Crippen MR) is 101 cm³/mol. The van der Waals surface area contributed by atoms with Crippen LogP contribution in [0.5, 0.6) is 0 Å². The minimum absolute atomic E-state index is 0.148. The van der Waals surface area contributed by atoms with Crippen LogP contribution < -0.4 is 0 Å². The number of carbonyl (C=O) groups is 1. The Hall–Kier alpha value is -1.68. The van der Waals surface area contributed by atoms with E-state index in [-0.39, 0.29) is 11.7 Å². The van der Waals surface area contributed by atoms with Gasteiger partial charge in [-0.15, -0.1) is 0 Å². The van der Waals surface area contributed by atoms with E-state index in [0.717, 1.165) is 64.0 Å². The highest BCUT2D eigenvalue weighted by atomic mass is 19.1. The summed E-state index contributed by atoms with van der Waals surface area (Å²) in [5.41, 5.74) is 1.48. The predicted octanol–water partition coefficient (Wildman–Crippen LogP) is 4.00. The molecule has 2 saturated heterocycles. The van der Waals surface area contributed by atoms with Crippen LogP contribution in [0.4, 0.5) is 4.39 Å². The van der Waals surface area contributed by atoms with E-state index in [0.29, 0.717) is 11.3 Å². The molecule has 0 N–H and O–H groups in total. The van der Waals surface area contributed by atoms with Gasteiger partial charge < -0.3 is 4.90 Å². The second-order valence-electron chi connectivity index (χ2n) is 8.37. The van der Waals surface area contributed by atoms with Crippen molar-refractivity contribution in [2.24, 2.45) is 11.3 Å². The molecule has 0 unspecified atom stereocenters. The highest BCUT2D eigenvalue weighted by molar-refractivity contribution is 5.79. The summed E-state index contributed by atoms with van der Waals surface area (Å²) in [4.78, 5) is 17.2. The average molecular weight is 356 g/mol. The Morgan fingerprint density at radius 1 is 1.04 bits per heavy atom.